The fourth-order valence-electron chi connectivity index (χ4n) is 3.23. The molecule has 1 aliphatic rings. The van der Waals surface area contributed by atoms with Crippen molar-refractivity contribution < 1.29 is 4.79 Å². The van der Waals surface area contributed by atoms with Crippen LogP contribution in [0.15, 0.2) is 30.5 Å². The summed E-state index contributed by atoms with van der Waals surface area (Å²) in [7, 11) is 0. The lowest BCUT2D eigenvalue weighted by atomic mass is 10.1. The van der Waals surface area contributed by atoms with Crippen LogP contribution in [-0.2, 0) is 0 Å². The molecule has 0 bridgehead atoms. The van der Waals surface area contributed by atoms with Crippen LogP contribution in [0.2, 0.25) is 5.02 Å². The quantitative estimate of drug-likeness (QED) is 0.707. The molecule has 0 unspecified atom stereocenters. The fraction of sp³-hybridized carbons (Fsp3) is 0.333. The molecule has 0 aliphatic carbocycles. The molecule has 0 radical (unpaired) electrons. The minimum absolute atomic E-state index is 0.0601. The Hall–Kier alpha value is -2.47. The largest absolute Gasteiger partial charge is 0.337 e. The number of aromatic nitrogens is 4. The standard InChI is InChI=1S/C18H18ClN5O/c1-12-16(18(25)23-9-3-2-4-10-23)21-22-17-15(11-20-24(12)17)13-5-7-14(19)8-6-13/h5-8,11H,2-4,9-10H2,1H3. The third-order valence-electron chi connectivity index (χ3n) is 4.65. The van der Waals surface area contributed by atoms with Crippen molar-refractivity contribution in [3.63, 3.8) is 0 Å². The number of amides is 1. The van der Waals surface area contributed by atoms with Crippen LogP contribution in [0.3, 0.4) is 0 Å². The van der Waals surface area contributed by atoms with E-state index >= 15 is 0 Å². The summed E-state index contributed by atoms with van der Waals surface area (Å²) in [5, 5.41) is 13.6. The highest BCUT2D eigenvalue weighted by Crippen LogP contribution is 2.25. The topological polar surface area (TPSA) is 63.4 Å². The minimum Gasteiger partial charge on any atom is -0.337 e. The molecule has 4 rings (SSSR count). The predicted molar refractivity (Wildman–Crippen MR) is 95.7 cm³/mol. The Morgan fingerprint density at radius 1 is 1.08 bits per heavy atom. The van der Waals surface area contributed by atoms with E-state index in [0.717, 1.165) is 37.1 Å². The van der Waals surface area contributed by atoms with Crippen molar-refractivity contribution in [3.8, 4) is 11.1 Å². The minimum atomic E-state index is -0.0601. The molecule has 0 spiro atoms. The van der Waals surface area contributed by atoms with Gasteiger partial charge in [-0.2, -0.15) is 5.10 Å². The summed E-state index contributed by atoms with van der Waals surface area (Å²) in [6.45, 7) is 3.43. The summed E-state index contributed by atoms with van der Waals surface area (Å²) < 4.78 is 1.69. The number of nitrogens with zero attached hydrogens (tertiary/aromatic N) is 5. The fourth-order valence-corrected chi connectivity index (χ4v) is 3.36. The number of carbonyl (C=O) groups excluding carboxylic acids is 1. The maximum Gasteiger partial charge on any atom is 0.276 e. The molecule has 3 heterocycles. The Morgan fingerprint density at radius 2 is 1.80 bits per heavy atom. The second-order valence-electron chi connectivity index (χ2n) is 6.29. The predicted octanol–water partition coefficient (Wildman–Crippen LogP) is 3.38. The third kappa shape index (κ3) is 2.87. The van der Waals surface area contributed by atoms with E-state index < -0.39 is 0 Å². The molecule has 0 atom stereocenters. The molecule has 1 amide bonds. The summed E-state index contributed by atoms with van der Waals surface area (Å²) in [6.07, 6.45) is 5.01. The van der Waals surface area contributed by atoms with Crippen molar-refractivity contribution in [2.24, 2.45) is 0 Å². The number of halogens is 1. The van der Waals surface area contributed by atoms with E-state index in [-0.39, 0.29) is 5.91 Å². The highest BCUT2D eigenvalue weighted by Gasteiger charge is 2.24. The number of rotatable bonds is 2. The van der Waals surface area contributed by atoms with E-state index in [0.29, 0.717) is 22.1 Å². The van der Waals surface area contributed by atoms with E-state index in [2.05, 4.69) is 15.3 Å². The summed E-state index contributed by atoms with van der Waals surface area (Å²) in [5.41, 5.74) is 3.54. The van der Waals surface area contributed by atoms with E-state index in [9.17, 15) is 4.79 Å². The zero-order chi connectivity index (χ0) is 17.4. The van der Waals surface area contributed by atoms with Crippen LogP contribution >= 0.6 is 11.6 Å². The zero-order valence-electron chi connectivity index (χ0n) is 13.9. The first-order chi connectivity index (χ1) is 12.1. The van der Waals surface area contributed by atoms with Gasteiger partial charge in [-0.15, -0.1) is 10.2 Å². The lowest BCUT2D eigenvalue weighted by Gasteiger charge is -2.26. The monoisotopic (exact) mass is 355 g/mol. The van der Waals surface area contributed by atoms with Crippen molar-refractivity contribution in [1.82, 2.24) is 24.7 Å². The summed E-state index contributed by atoms with van der Waals surface area (Å²) >= 11 is 5.96. The molecule has 128 valence electrons. The van der Waals surface area contributed by atoms with Gasteiger partial charge in [0.15, 0.2) is 11.3 Å². The van der Waals surface area contributed by atoms with Gasteiger partial charge in [-0.1, -0.05) is 23.7 Å². The van der Waals surface area contributed by atoms with Crippen molar-refractivity contribution in [1.29, 1.82) is 0 Å². The Kier molecular flexibility index (Phi) is 4.13. The molecule has 7 heteroatoms. The van der Waals surface area contributed by atoms with Crippen molar-refractivity contribution in [2.75, 3.05) is 13.1 Å². The molecule has 1 saturated heterocycles. The molecule has 1 fully saturated rings. The molecule has 0 saturated carbocycles. The van der Waals surface area contributed by atoms with Crippen LogP contribution in [0, 0.1) is 6.92 Å². The van der Waals surface area contributed by atoms with Gasteiger partial charge in [0.2, 0.25) is 0 Å². The number of carbonyl (C=O) groups is 1. The first kappa shape index (κ1) is 16.0. The Labute approximate surface area is 150 Å². The van der Waals surface area contributed by atoms with E-state index in [1.54, 1.807) is 10.7 Å². The Bertz CT molecular complexity index is 929. The van der Waals surface area contributed by atoms with Crippen LogP contribution < -0.4 is 0 Å². The van der Waals surface area contributed by atoms with E-state index in [1.807, 2.05) is 36.1 Å². The van der Waals surface area contributed by atoms with Gasteiger partial charge in [0, 0.05) is 23.7 Å². The molecule has 3 aromatic rings. The molecule has 1 aliphatic heterocycles. The van der Waals surface area contributed by atoms with Crippen LogP contribution in [0.25, 0.3) is 16.8 Å². The summed E-state index contributed by atoms with van der Waals surface area (Å²) in [6, 6.07) is 7.50. The lowest BCUT2D eigenvalue weighted by molar-refractivity contribution is 0.0715. The molecular formula is C18H18ClN5O. The van der Waals surface area contributed by atoms with Gasteiger partial charge >= 0.3 is 0 Å². The number of hydrogen-bond donors (Lipinski definition) is 0. The Balaban J connectivity index is 1.74. The van der Waals surface area contributed by atoms with Gasteiger partial charge in [0.25, 0.3) is 5.91 Å². The van der Waals surface area contributed by atoms with Crippen molar-refractivity contribution >= 4 is 23.2 Å². The normalized spacial score (nSPS) is 14.9. The first-order valence-corrected chi connectivity index (χ1v) is 8.79. The van der Waals surface area contributed by atoms with Crippen LogP contribution in [0.4, 0.5) is 0 Å². The molecular weight excluding hydrogens is 338 g/mol. The van der Waals surface area contributed by atoms with Gasteiger partial charge in [0.05, 0.1) is 11.9 Å². The van der Waals surface area contributed by atoms with Crippen LogP contribution in [0.5, 0.6) is 0 Å². The van der Waals surface area contributed by atoms with Gasteiger partial charge in [-0.3, -0.25) is 4.79 Å². The average Bonchev–Trinajstić information content (AvgIpc) is 3.08. The van der Waals surface area contributed by atoms with E-state index in [1.165, 1.54) is 6.42 Å². The maximum absolute atomic E-state index is 12.7. The number of piperidine rings is 1. The number of benzene rings is 1. The van der Waals surface area contributed by atoms with Gasteiger partial charge in [-0.05, 0) is 43.9 Å². The number of fused-ring (bicyclic) bond motifs is 1. The zero-order valence-corrected chi connectivity index (χ0v) is 14.7. The number of likely N-dealkylation sites (tertiary alicyclic amines) is 1. The molecule has 2 aromatic heterocycles. The highest BCUT2D eigenvalue weighted by atomic mass is 35.5. The molecule has 6 nitrogen and oxygen atoms in total. The number of aryl methyl sites for hydroxylation is 1. The lowest BCUT2D eigenvalue weighted by Crippen LogP contribution is -2.37. The molecule has 0 N–H and O–H groups in total. The smallest absolute Gasteiger partial charge is 0.276 e. The van der Waals surface area contributed by atoms with Gasteiger partial charge in [-0.25, -0.2) is 4.52 Å². The molecule has 25 heavy (non-hydrogen) atoms. The van der Waals surface area contributed by atoms with Crippen molar-refractivity contribution in [3.05, 3.63) is 46.9 Å². The number of hydrogen-bond acceptors (Lipinski definition) is 4. The maximum atomic E-state index is 12.7. The Morgan fingerprint density at radius 3 is 2.52 bits per heavy atom. The van der Waals surface area contributed by atoms with Gasteiger partial charge in [0.1, 0.15) is 0 Å². The first-order valence-electron chi connectivity index (χ1n) is 8.41. The summed E-state index contributed by atoms with van der Waals surface area (Å²) in [5.74, 6) is -0.0601. The average molecular weight is 356 g/mol. The molecule has 1 aromatic carbocycles. The van der Waals surface area contributed by atoms with Crippen LogP contribution in [0.1, 0.15) is 35.4 Å². The third-order valence-corrected chi connectivity index (χ3v) is 4.90. The second-order valence-corrected chi connectivity index (χ2v) is 6.72. The van der Waals surface area contributed by atoms with Gasteiger partial charge < -0.3 is 4.90 Å². The SMILES string of the molecule is Cc1c(C(=O)N2CCCCC2)nnc2c(-c3ccc(Cl)cc3)cnn12. The van der Waals surface area contributed by atoms with Crippen LogP contribution in [-0.4, -0.2) is 43.7 Å². The van der Waals surface area contributed by atoms with Crippen molar-refractivity contribution in [2.45, 2.75) is 26.2 Å². The van der Waals surface area contributed by atoms with E-state index in [4.69, 9.17) is 11.6 Å². The summed E-state index contributed by atoms with van der Waals surface area (Å²) in [4.78, 5) is 14.6. The second kappa shape index (κ2) is 6.44. The highest BCUT2D eigenvalue weighted by molar-refractivity contribution is 6.30.